The highest BCUT2D eigenvalue weighted by Crippen LogP contribution is 2.25. The van der Waals surface area contributed by atoms with E-state index >= 15 is 0 Å². The van der Waals surface area contributed by atoms with Gasteiger partial charge in [0, 0.05) is 42.6 Å². The minimum Gasteiger partial charge on any atom is -0.465 e. The first-order chi connectivity index (χ1) is 16.1. The fourth-order valence-electron chi connectivity index (χ4n) is 3.54. The number of hydrogen-bond donors (Lipinski definition) is 1. The van der Waals surface area contributed by atoms with Crippen LogP contribution in [0.15, 0.2) is 88.0 Å². The molecule has 1 saturated heterocycles. The largest absolute Gasteiger partial charge is 0.465 e. The van der Waals surface area contributed by atoms with Gasteiger partial charge in [0.05, 0.1) is 6.20 Å². The highest BCUT2D eigenvalue weighted by Gasteiger charge is 2.20. The smallest absolute Gasteiger partial charge is 0.407 e. The van der Waals surface area contributed by atoms with Crippen molar-refractivity contribution in [1.82, 2.24) is 15.0 Å². The highest BCUT2D eigenvalue weighted by molar-refractivity contribution is 9.10. The molecule has 1 aromatic heterocycles. The lowest BCUT2D eigenvalue weighted by Gasteiger charge is -2.33. The average Bonchev–Trinajstić information content (AvgIpc) is 3.29. The first-order valence-electron chi connectivity index (χ1n) is 10.6. The molecule has 170 valence electrons. The molecule has 1 aliphatic heterocycles. The van der Waals surface area contributed by atoms with Gasteiger partial charge in [-0.1, -0.05) is 51.4 Å². The zero-order valence-electron chi connectivity index (χ0n) is 17.9. The minimum absolute atomic E-state index is 0.559. The number of halogens is 1. The number of benzene rings is 3. The Morgan fingerprint density at radius 3 is 2.42 bits per heavy atom. The molecular weight excluding hydrogens is 486 g/mol. The Bertz CT molecular complexity index is 1170. The van der Waals surface area contributed by atoms with Crippen LogP contribution in [0, 0.1) is 0 Å². The van der Waals surface area contributed by atoms with Gasteiger partial charge in [-0.2, -0.15) is 0 Å². The number of fused-ring (bicyclic) bond motifs is 1. The lowest BCUT2D eigenvalue weighted by atomic mass is 10.2. The zero-order chi connectivity index (χ0) is 23.0. The fraction of sp³-hybridized carbons (Fsp3) is 0.200. The summed E-state index contributed by atoms with van der Waals surface area (Å²) < 4.78 is 11.8. The predicted octanol–water partition coefficient (Wildman–Crippen LogP) is 5.86. The van der Waals surface area contributed by atoms with E-state index < -0.39 is 6.09 Å². The number of amides is 1. The summed E-state index contributed by atoms with van der Waals surface area (Å²) in [6.07, 6.45) is 0.870. The molecule has 1 N–H and O–H groups in total. The van der Waals surface area contributed by atoms with E-state index in [1.807, 2.05) is 66.7 Å². The summed E-state index contributed by atoms with van der Waals surface area (Å²) in [4.78, 5) is 14.7. The van der Waals surface area contributed by atoms with E-state index in [4.69, 9.17) is 14.4 Å². The van der Waals surface area contributed by atoms with Crippen LogP contribution in [0.1, 0.15) is 5.56 Å². The van der Waals surface area contributed by atoms with Gasteiger partial charge in [-0.05, 0) is 48.0 Å². The maximum Gasteiger partial charge on any atom is 0.407 e. The van der Waals surface area contributed by atoms with Gasteiger partial charge in [-0.25, -0.2) is 4.79 Å². The standard InChI is InChI=1S/C18H19BrN2O3.C7H5NO/c19-15-4-2-6-17(12-15)24-16-5-1-3-14(11-16)13-20-7-9-21(10-8-20)18(22)23;1-2-4-7-6(3-1)5-8-9-7/h1-6,11-12H,7-10,13H2,(H,22,23);1-5H. The van der Waals surface area contributed by atoms with E-state index in [1.54, 1.807) is 6.20 Å². The second kappa shape index (κ2) is 11.0. The molecule has 5 rings (SSSR count). The van der Waals surface area contributed by atoms with Crippen molar-refractivity contribution in [3.63, 3.8) is 0 Å². The number of piperazine rings is 1. The summed E-state index contributed by atoms with van der Waals surface area (Å²) in [5.41, 5.74) is 2.00. The highest BCUT2D eigenvalue weighted by atomic mass is 79.9. The Morgan fingerprint density at radius 2 is 1.70 bits per heavy atom. The molecule has 0 aliphatic carbocycles. The fourth-order valence-corrected chi connectivity index (χ4v) is 3.92. The third-order valence-corrected chi connectivity index (χ3v) is 5.73. The Balaban J connectivity index is 0.000000238. The van der Waals surface area contributed by atoms with Gasteiger partial charge in [-0.15, -0.1) is 0 Å². The Kier molecular flexibility index (Phi) is 7.59. The van der Waals surface area contributed by atoms with Crippen molar-refractivity contribution in [2.75, 3.05) is 26.2 Å². The molecule has 33 heavy (non-hydrogen) atoms. The van der Waals surface area contributed by atoms with Crippen molar-refractivity contribution in [3.8, 4) is 11.5 Å². The molecule has 1 amide bonds. The van der Waals surface area contributed by atoms with E-state index in [1.165, 1.54) is 4.90 Å². The van der Waals surface area contributed by atoms with E-state index in [-0.39, 0.29) is 0 Å². The molecule has 0 unspecified atom stereocenters. The van der Waals surface area contributed by atoms with E-state index in [0.717, 1.165) is 52.1 Å². The number of ether oxygens (including phenoxy) is 1. The van der Waals surface area contributed by atoms with Crippen molar-refractivity contribution < 1.29 is 19.2 Å². The topological polar surface area (TPSA) is 79.0 Å². The summed E-state index contributed by atoms with van der Waals surface area (Å²) in [7, 11) is 0. The number of nitrogens with zero attached hydrogens (tertiary/aromatic N) is 3. The van der Waals surface area contributed by atoms with Crippen molar-refractivity contribution in [3.05, 3.63) is 89.0 Å². The second-order valence-electron chi connectivity index (χ2n) is 7.62. The van der Waals surface area contributed by atoms with Crippen LogP contribution in [0.4, 0.5) is 4.79 Å². The Morgan fingerprint density at radius 1 is 0.970 bits per heavy atom. The van der Waals surface area contributed by atoms with Crippen LogP contribution < -0.4 is 4.74 Å². The van der Waals surface area contributed by atoms with Crippen molar-refractivity contribution in [1.29, 1.82) is 0 Å². The quantitative estimate of drug-likeness (QED) is 0.370. The van der Waals surface area contributed by atoms with Crippen LogP contribution in [-0.2, 0) is 6.54 Å². The van der Waals surface area contributed by atoms with Gasteiger partial charge in [-0.3, -0.25) is 4.90 Å². The van der Waals surface area contributed by atoms with Gasteiger partial charge in [0.25, 0.3) is 0 Å². The first kappa shape index (κ1) is 22.8. The molecule has 4 aromatic rings. The van der Waals surface area contributed by atoms with Crippen molar-refractivity contribution >= 4 is 33.0 Å². The van der Waals surface area contributed by atoms with Gasteiger partial charge in [0.1, 0.15) is 11.5 Å². The molecule has 8 heteroatoms. The monoisotopic (exact) mass is 509 g/mol. The van der Waals surface area contributed by atoms with Crippen LogP contribution in [0.3, 0.4) is 0 Å². The van der Waals surface area contributed by atoms with Crippen molar-refractivity contribution in [2.45, 2.75) is 6.54 Å². The number of carbonyl (C=O) groups is 1. The summed E-state index contributed by atoms with van der Waals surface area (Å²) in [5.74, 6) is 1.59. The van der Waals surface area contributed by atoms with Gasteiger partial charge in [0.2, 0.25) is 0 Å². The second-order valence-corrected chi connectivity index (χ2v) is 8.53. The molecule has 2 heterocycles. The summed E-state index contributed by atoms with van der Waals surface area (Å²) in [6.45, 7) is 3.42. The third-order valence-electron chi connectivity index (χ3n) is 5.24. The first-order valence-corrected chi connectivity index (χ1v) is 11.4. The van der Waals surface area contributed by atoms with E-state index in [0.29, 0.717) is 13.1 Å². The maximum absolute atomic E-state index is 10.9. The number of para-hydroxylation sites is 1. The maximum atomic E-state index is 10.9. The minimum atomic E-state index is -0.834. The van der Waals surface area contributed by atoms with Crippen LogP contribution in [0.2, 0.25) is 0 Å². The summed E-state index contributed by atoms with van der Waals surface area (Å²) in [6, 6.07) is 23.5. The van der Waals surface area contributed by atoms with Gasteiger partial charge < -0.3 is 19.3 Å². The number of carboxylic acid groups (broad SMARTS) is 1. The van der Waals surface area contributed by atoms with Crippen LogP contribution in [0.25, 0.3) is 11.0 Å². The van der Waals surface area contributed by atoms with Crippen LogP contribution >= 0.6 is 15.9 Å². The SMILES string of the molecule is O=C(O)N1CCN(Cc2cccc(Oc3cccc(Br)c3)c2)CC1.c1ccc2oncc2c1. The van der Waals surface area contributed by atoms with Crippen LogP contribution in [-0.4, -0.2) is 52.3 Å². The predicted molar refractivity (Wildman–Crippen MR) is 130 cm³/mol. The van der Waals surface area contributed by atoms with Crippen molar-refractivity contribution in [2.24, 2.45) is 0 Å². The number of aromatic nitrogens is 1. The molecule has 7 nitrogen and oxygen atoms in total. The summed E-state index contributed by atoms with van der Waals surface area (Å²) in [5, 5.41) is 13.7. The van der Waals surface area contributed by atoms with Crippen LogP contribution in [0.5, 0.6) is 11.5 Å². The van der Waals surface area contributed by atoms with Gasteiger partial charge >= 0.3 is 6.09 Å². The Labute approximate surface area is 200 Å². The average molecular weight is 510 g/mol. The number of hydrogen-bond acceptors (Lipinski definition) is 5. The molecule has 0 bridgehead atoms. The van der Waals surface area contributed by atoms with Gasteiger partial charge in [0.15, 0.2) is 5.58 Å². The lowest BCUT2D eigenvalue weighted by Crippen LogP contribution is -2.47. The molecule has 0 saturated carbocycles. The molecule has 0 radical (unpaired) electrons. The summed E-state index contributed by atoms with van der Waals surface area (Å²) >= 11 is 3.44. The Hall–Kier alpha value is -3.36. The molecule has 1 fully saturated rings. The van der Waals surface area contributed by atoms with E-state index in [9.17, 15) is 4.79 Å². The molecule has 0 spiro atoms. The zero-order valence-corrected chi connectivity index (χ0v) is 19.5. The molecule has 3 aromatic carbocycles. The normalized spacial score (nSPS) is 13.9. The third kappa shape index (κ3) is 6.57. The molecule has 0 atom stereocenters. The molecule has 1 aliphatic rings. The lowest BCUT2D eigenvalue weighted by molar-refractivity contribution is 0.103. The number of rotatable bonds is 4. The molecular formula is C25H24BrN3O4. The van der Waals surface area contributed by atoms with E-state index in [2.05, 4.69) is 32.1 Å².